The lowest BCUT2D eigenvalue weighted by Crippen LogP contribution is -2.21. The molecule has 19 heavy (non-hydrogen) atoms. The van der Waals surface area contributed by atoms with E-state index in [0.717, 1.165) is 32.0 Å². The van der Waals surface area contributed by atoms with E-state index in [2.05, 4.69) is 48.6 Å². The predicted molar refractivity (Wildman–Crippen MR) is 86.4 cm³/mol. The first-order chi connectivity index (χ1) is 9.19. The fraction of sp³-hybridized carbons (Fsp3) is 0.600. The van der Waals surface area contributed by atoms with Gasteiger partial charge in [0.1, 0.15) is 0 Å². The van der Waals surface area contributed by atoms with Crippen molar-refractivity contribution in [2.24, 2.45) is 0 Å². The molecule has 1 N–H and O–H groups in total. The third-order valence-electron chi connectivity index (χ3n) is 3.12. The van der Waals surface area contributed by atoms with Crippen LogP contribution in [0.5, 0.6) is 0 Å². The fourth-order valence-corrected chi connectivity index (χ4v) is 2.47. The van der Waals surface area contributed by atoms with E-state index in [1.165, 1.54) is 16.8 Å². The van der Waals surface area contributed by atoms with Crippen molar-refractivity contribution >= 4 is 17.4 Å². The molecule has 3 nitrogen and oxygen atoms in total. The van der Waals surface area contributed by atoms with Crippen LogP contribution in [0.3, 0.4) is 0 Å². The van der Waals surface area contributed by atoms with Crippen LogP contribution < -0.4 is 10.2 Å². The number of anilines is 1. The highest BCUT2D eigenvalue weighted by Gasteiger charge is 2.05. The van der Waals surface area contributed by atoms with Gasteiger partial charge in [-0.1, -0.05) is 12.1 Å². The minimum atomic E-state index is 0.758. The second-order valence-electron chi connectivity index (χ2n) is 4.70. The van der Waals surface area contributed by atoms with Crippen LogP contribution in [0.2, 0.25) is 0 Å². The van der Waals surface area contributed by atoms with Gasteiger partial charge in [-0.25, -0.2) is 0 Å². The van der Waals surface area contributed by atoms with Gasteiger partial charge in [-0.15, -0.1) is 0 Å². The summed E-state index contributed by atoms with van der Waals surface area (Å²) in [5.41, 5.74) is 4.00. The van der Waals surface area contributed by atoms with Crippen LogP contribution in [-0.2, 0) is 11.3 Å². The number of methoxy groups -OCH3 is 1. The first kappa shape index (κ1) is 16.3. The number of hydrogen-bond donors (Lipinski definition) is 1. The number of hydrogen-bond acceptors (Lipinski definition) is 4. The lowest BCUT2D eigenvalue weighted by Gasteiger charge is -2.21. The molecule has 0 unspecified atom stereocenters. The molecular formula is C15H26N2OS. The molecule has 0 aliphatic carbocycles. The van der Waals surface area contributed by atoms with Crippen molar-refractivity contribution in [3.63, 3.8) is 0 Å². The molecule has 0 aromatic heterocycles. The standard InChI is InChI=1S/C15H26N2OS/c1-13-11-14(12-16-7-9-18-3)5-6-15(13)17(2)8-10-19-4/h5-6,11,16H,7-10,12H2,1-4H3. The van der Waals surface area contributed by atoms with Crippen LogP contribution in [-0.4, -0.2) is 45.9 Å². The molecule has 108 valence electrons. The smallest absolute Gasteiger partial charge is 0.0587 e. The van der Waals surface area contributed by atoms with Gasteiger partial charge in [-0.2, -0.15) is 11.8 Å². The van der Waals surface area contributed by atoms with Crippen molar-refractivity contribution in [3.8, 4) is 0 Å². The van der Waals surface area contributed by atoms with Crippen LogP contribution in [0.15, 0.2) is 18.2 Å². The number of thioether (sulfide) groups is 1. The lowest BCUT2D eigenvalue weighted by atomic mass is 10.1. The largest absolute Gasteiger partial charge is 0.383 e. The highest BCUT2D eigenvalue weighted by Crippen LogP contribution is 2.20. The molecule has 0 saturated heterocycles. The summed E-state index contributed by atoms with van der Waals surface area (Å²) in [6, 6.07) is 6.70. The summed E-state index contributed by atoms with van der Waals surface area (Å²) in [5, 5.41) is 3.37. The molecule has 0 atom stereocenters. The maximum atomic E-state index is 5.02. The molecule has 0 heterocycles. The summed E-state index contributed by atoms with van der Waals surface area (Å²) >= 11 is 1.89. The number of nitrogens with one attached hydrogen (secondary N) is 1. The highest BCUT2D eigenvalue weighted by molar-refractivity contribution is 7.98. The van der Waals surface area contributed by atoms with Gasteiger partial charge in [0.05, 0.1) is 6.61 Å². The van der Waals surface area contributed by atoms with E-state index >= 15 is 0 Å². The van der Waals surface area contributed by atoms with Crippen molar-refractivity contribution in [2.45, 2.75) is 13.5 Å². The Morgan fingerprint density at radius 2 is 2.16 bits per heavy atom. The van der Waals surface area contributed by atoms with Crippen molar-refractivity contribution in [2.75, 3.05) is 50.8 Å². The monoisotopic (exact) mass is 282 g/mol. The lowest BCUT2D eigenvalue weighted by molar-refractivity contribution is 0.199. The summed E-state index contributed by atoms with van der Waals surface area (Å²) in [6.45, 7) is 5.83. The summed E-state index contributed by atoms with van der Waals surface area (Å²) in [6.07, 6.45) is 2.15. The maximum absolute atomic E-state index is 5.02. The minimum absolute atomic E-state index is 0.758. The topological polar surface area (TPSA) is 24.5 Å². The molecule has 0 aliphatic heterocycles. The Labute approximate surface area is 121 Å². The van der Waals surface area contributed by atoms with Crippen LogP contribution in [0, 0.1) is 6.92 Å². The second-order valence-corrected chi connectivity index (χ2v) is 5.69. The van der Waals surface area contributed by atoms with Gasteiger partial charge in [0, 0.05) is 45.2 Å². The van der Waals surface area contributed by atoms with Gasteiger partial charge in [0.15, 0.2) is 0 Å². The van der Waals surface area contributed by atoms with Gasteiger partial charge in [0.2, 0.25) is 0 Å². The average molecular weight is 282 g/mol. The third-order valence-corrected chi connectivity index (χ3v) is 3.71. The van der Waals surface area contributed by atoms with Gasteiger partial charge in [-0.05, 0) is 30.4 Å². The van der Waals surface area contributed by atoms with Crippen molar-refractivity contribution in [1.82, 2.24) is 5.32 Å². The Hall–Kier alpha value is -0.710. The molecule has 0 saturated carbocycles. The Morgan fingerprint density at radius 1 is 1.37 bits per heavy atom. The molecule has 0 fully saturated rings. The average Bonchev–Trinajstić information content (AvgIpc) is 2.41. The summed E-state index contributed by atoms with van der Waals surface area (Å²) in [7, 11) is 3.89. The fourth-order valence-electron chi connectivity index (χ4n) is 2.01. The highest BCUT2D eigenvalue weighted by atomic mass is 32.2. The molecule has 1 aromatic carbocycles. The van der Waals surface area contributed by atoms with E-state index < -0.39 is 0 Å². The number of rotatable bonds is 9. The van der Waals surface area contributed by atoms with E-state index in [1.807, 2.05) is 11.8 Å². The van der Waals surface area contributed by atoms with E-state index in [4.69, 9.17) is 4.74 Å². The number of benzene rings is 1. The molecule has 0 radical (unpaired) electrons. The second kappa shape index (κ2) is 9.23. The molecule has 0 amide bonds. The van der Waals surface area contributed by atoms with E-state index in [1.54, 1.807) is 7.11 Å². The van der Waals surface area contributed by atoms with Gasteiger partial charge in [-0.3, -0.25) is 0 Å². The van der Waals surface area contributed by atoms with E-state index in [-0.39, 0.29) is 0 Å². The van der Waals surface area contributed by atoms with Crippen LogP contribution >= 0.6 is 11.8 Å². The molecular weight excluding hydrogens is 256 g/mol. The zero-order chi connectivity index (χ0) is 14.1. The van der Waals surface area contributed by atoms with Gasteiger partial charge < -0.3 is 15.0 Å². The zero-order valence-corrected chi connectivity index (χ0v) is 13.3. The van der Waals surface area contributed by atoms with Crippen molar-refractivity contribution in [3.05, 3.63) is 29.3 Å². The van der Waals surface area contributed by atoms with E-state index in [9.17, 15) is 0 Å². The number of ether oxygens (including phenoxy) is 1. The molecule has 1 aromatic rings. The van der Waals surface area contributed by atoms with Crippen LogP contribution in [0.1, 0.15) is 11.1 Å². The Balaban J connectivity index is 2.53. The van der Waals surface area contributed by atoms with Gasteiger partial charge >= 0.3 is 0 Å². The van der Waals surface area contributed by atoms with Crippen LogP contribution in [0.4, 0.5) is 5.69 Å². The predicted octanol–water partition coefficient (Wildman–Crippen LogP) is 2.53. The normalized spacial score (nSPS) is 10.7. The first-order valence-corrected chi connectivity index (χ1v) is 8.07. The summed E-state index contributed by atoms with van der Waals surface area (Å²) in [4.78, 5) is 2.33. The maximum Gasteiger partial charge on any atom is 0.0587 e. The molecule has 4 heteroatoms. The summed E-state index contributed by atoms with van der Waals surface area (Å²) < 4.78 is 5.02. The Bertz CT molecular complexity index is 371. The zero-order valence-electron chi connectivity index (χ0n) is 12.5. The van der Waals surface area contributed by atoms with E-state index in [0.29, 0.717) is 0 Å². The molecule has 0 aliphatic rings. The third kappa shape index (κ3) is 5.85. The van der Waals surface area contributed by atoms with Crippen molar-refractivity contribution in [1.29, 1.82) is 0 Å². The van der Waals surface area contributed by atoms with Gasteiger partial charge in [0.25, 0.3) is 0 Å². The molecule has 0 bridgehead atoms. The first-order valence-electron chi connectivity index (χ1n) is 6.68. The van der Waals surface area contributed by atoms with Crippen LogP contribution in [0.25, 0.3) is 0 Å². The SMILES string of the molecule is COCCNCc1ccc(N(C)CCSC)c(C)c1. The molecule has 1 rings (SSSR count). The molecule has 0 spiro atoms. The number of nitrogens with zero attached hydrogens (tertiary/aromatic N) is 1. The van der Waals surface area contributed by atoms with Crippen molar-refractivity contribution < 1.29 is 4.74 Å². The summed E-state index contributed by atoms with van der Waals surface area (Å²) in [5.74, 6) is 1.16. The minimum Gasteiger partial charge on any atom is -0.383 e. The number of aryl methyl sites for hydroxylation is 1. The Morgan fingerprint density at radius 3 is 2.79 bits per heavy atom. The Kier molecular flexibility index (Phi) is 7.94. The quantitative estimate of drug-likeness (QED) is 0.704.